The Morgan fingerprint density at radius 1 is 1.22 bits per heavy atom. The lowest BCUT2D eigenvalue weighted by molar-refractivity contribution is -0.138. The van der Waals surface area contributed by atoms with Crippen LogP contribution in [0.3, 0.4) is 0 Å². The number of carbonyl (C=O) groups excluding carboxylic acids is 1. The smallest absolute Gasteiger partial charge is 0.416 e. The molecule has 0 radical (unpaired) electrons. The van der Waals surface area contributed by atoms with Gasteiger partial charge in [-0.2, -0.15) is 13.2 Å². The van der Waals surface area contributed by atoms with Crippen LogP contribution in [0.25, 0.3) is 10.9 Å². The largest absolute Gasteiger partial charge is 0.444 e. The number of nitrogens with one attached hydrogen (secondary N) is 3. The monoisotopic (exact) mass is 736 g/mol. The minimum Gasteiger partial charge on any atom is -0.444 e. The Bertz CT molecular complexity index is 1850. The van der Waals surface area contributed by atoms with E-state index in [1.807, 2.05) is 0 Å². The third-order valence-electron chi connectivity index (χ3n) is 7.49. The quantitative estimate of drug-likeness (QED) is 0.296. The molecule has 0 aliphatic carbocycles. The molecule has 3 N–H and O–H groups in total. The van der Waals surface area contributed by atoms with Gasteiger partial charge in [0.25, 0.3) is 5.56 Å². The van der Waals surface area contributed by atoms with Crippen molar-refractivity contribution < 1.29 is 31.1 Å². The van der Waals surface area contributed by atoms with E-state index < -0.39 is 62.5 Å². The number of alkyl halides is 3. The Morgan fingerprint density at radius 2 is 1.91 bits per heavy atom. The molecule has 3 aromatic rings. The first-order valence-corrected chi connectivity index (χ1v) is 16.9. The molecule has 4 rings (SSSR count). The maximum Gasteiger partial charge on any atom is 0.416 e. The number of hydrogen-bond donors (Lipinski definition) is 3. The van der Waals surface area contributed by atoms with Gasteiger partial charge in [0, 0.05) is 15.5 Å². The minimum atomic E-state index is -4.92. The topological polar surface area (TPSA) is 139 Å². The second kappa shape index (κ2) is 13.1. The standard InChI is InChI=1S/C29H33BrClF3N4O6S/c1-5-45(42,43)22-7-6-17(31)10-16(22)14-38-25(39)19-11-20(29(32,33)34)18(23(30)24(19)37-26(38)40)12-21(15-8-9-35-13-15)36-27(41)44-28(2,3)4/h6-7,10-11,15,21,35H,5,8-9,12-14H2,1-4H3,(H,36,41)(H,37,40)/t15?,21-/m0/s1. The van der Waals surface area contributed by atoms with Crippen molar-refractivity contribution in [2.24, 2.45) is 5.92 Å². The van der Waals surface area contributed by atoms with Crippen LogP contribution in [0.15, 0.2) is 43.2 Å². The number of hydrogen-bond acceptors (Lipinski definition) is 7. The lowest BCUT2D eigenvalue weighted by Crippen LogP contribution is -2.45. The van der Waals surface area contributed by atoms with Crippen LogP contribution >= 0.6 is 27.5 Å². The summed E-state index contributed by atoms with van der Waals surface area (Å²) in [6.45, 7) is 6.93. The fraction of sp³-hybridized carbons (Fsp3) is 0.483. The van der Waals surface area contributed by atoms with E-state index >= 15 is 0 Å². The van der Waals surface area contributed by atoms with E-state index in [1.54, 1.807) is 20.8 Å². The molecule has 0 bridgehead atoms. The molecule has 2 atom stereocenters. The van der Waals surface area contributed by atoms with Crippen LogP contribution in [0.1, 0.15) is 50.8 Å². The lowest BCUT2D eigenvalue weighted by Gasteiger charge is -2.28. The summed E-state index contributed by atoms with van der Waals surface area (Å²) in [7, 11) is -3.80. The van der Waals surface area contributed by atoms with Crippen LogP contribution < -0.4 is 21.9 Å². The SMILES string of the molecule is CCS(=O)(=O)c1ccc(Cl)cc1Cn1c(=O)[nH]c2c(Br)c(C[C@H](NC(=O)OC(C)(C)C)C3CCNC3)c(C(F)(F)F)cc2c1=O. The van der Waals surface area contributed by atoms with Crippen molar-refractivity contribution in [2.75, 3.05) is 18.8 Å². The number of rotatable bonds is 8. The highest BCUT2D eigenvalue weighted by molar-refractivity contribution is 9.10. The molecule has 1 aliphatic rings. The molecular formula is C29H33BrClF3N4O6S. The molecule has 0 saturated carbocycles. The molecular weight excluding hydrogens is 705 g/mol. The van der Waals surface area contributed by atoms with Gasteiger partial charge in [-0.1, -0.05) is 18.5 Å². The van der Waals surface area contributed by atoms with E-state index in [9.17, 15) is 36.0 Å². The molecule has 2 aromatic carbocycles. The van der Waals surface area contributed by atoms with Crippen molar-refractivity contribution in [1.29, 1.82) is 0 Å². The van der Waals surface area contributed by atoms with Crippen molar-refractivity contribution in [3.05, 3.63) is 71.3 Å². The van der Waals surface area contributed by atoms with Crippen molar-refractivity contribution in [3.8, 4) is 0 Å². The highest BCUT2D eigenvalue weighted by Gasteiger charge is 2.38. The number of H-pyrrole nitrogens is 1. The lowest BCUT2D eigenvalue weighted by atomic mass is 9.90. The van der Waals surface area contributed by atoms with Gasteiger partial charge in [-0.3, -0.25) is 9.36 Å². The maximum atomic E-state index is 14.6. The molecule has 2 heterocycles. The first-order chi connectivity index (χ1) is 20.8. The van der Waals surface area contributed by atoms with Gasteiger partial charge < -0.3 is 20.4 Å². The Morgan fingerprint density at radius 3 is 2.49 bits per heavy atom. The van der Waals surface area contributed by atoms with E-state index in [-0.39, 0.29) is 49.1 Å². The fourth-order valence-corrected chi connectivity index (χ4v) is 7.32. The molecule has 10 nitrogen and oxygen atoms in total. The third-order valence-corrected chi connectivity index (χ3v) is 10.4. The molecule has 1 unspecified atom stereocenters. The third kappa shape index (κ3) is 7.92. The summed E-state index contributed by atoms with van der Waals surface area (Å²) in [5.74, 6) is -0.491. The van der Waals surface area contributed by atoms with Gasteiger partial charge in [0.15, 0.2) is 9.84 Å². The molecule has 1 fully saturated rings. The van der Waals surface area contributed by atoms with Gasteiger partial charge in [-0.05, 0) is 104 Å². The second-order valence-electron chi connectivity index (χ2n) is 11.8. The number of fused-ring (bicyclic) bond motifs is 1. The zero-order valence-corrected chi connectivity index (χ0v) is 28.1. The van der Waals surface area contributed by atoms with Crippen molar-refractivity contribution in [3.63, 3.8) is 0 Å². The number of amides is 1. The number of alkyl carbamates (subject to hydrolysis) is 1. The van der Waals surface area contributed by atoms with Crippen molar-refractivity contribution in [2.45, 2.75) is 69.8 Å². The number of aromatic nitrogens is 2. The van der Waals surface area contributed by atoms with Gasteiger partial charge >= 0.3 is 18.0 Å². The van der Waals surface area contributed by atoms with Crippen molar-refractivity contribution >= 4 is 54.4 Å². The summed E-state index contributed by atoms with van der Waals surface area (Å²) in [4.78, 5) is 41.9. The Labute approximate surface area is 270 Å². The Kier molecular flexibility index (Phi) is 10.2. The van der Waals surface area contributed by atoms with Crippen LogP contribution in [0.5, 0.6) is 0 Å². The van der Waals surface area contributed by atoms with Gasteiger partial charge in [0.05, 0.1) is 33.7 Å². The number of ether oxygens (including phenoxy) is 1. The number of nitrogens with zero attached hydrogens (tertiary/aromatic N) is 1. The first-order valence-electron chi connectivity index (χ1n) is 14.1. The Hall–Kier alpha value is -2.88. The van der Waals surface area contributed by atoms with Crippen LogP contribution in [-0.4, -0.2) is 54.5 Å². The summed E-state index contributed by atoms with van der Waals surface area (Å²) in [6.07, 6.45) is -5.40. The van der Waals surface area contributed by atoms with Gasteiger partial charge in [0.1, 0.15) is 5.60 Å². The van der Waals surface area contributed by atoms with Crippen LogP contribution in [0, 0.1) is 5.92 Å². The average Bonchev–Trinajstić information content (AvgIpc) is 3.45. The number of halogens is 5. The Balaban J connectivity index is 1.86. The number of benzene rings is 2. The fourth-order valence-electron chi connectivity index (χ4n) is 5.33. The maximum absolute atomic E-state index is 14.6. The van der Waals surface area contributed by atoms with E-state index in [0.29, 0.717) is 30.1 Å². The number of aromatic amines is 1. The summed E-state index contributed by atoms with van der Waals surface area (Å²) in [5, 5.41) is 5.56. The van der Waals surface area contributed by atoms with Crippen molar-refractivity contribution in [1.82, 2.24) is 20.2 Å². The molecule has 246 valence electrons. The predicted octanol–water partition coefficient (Wildman–Crippen LogP) is 5.01. The van der Waals surface area contributed by atoms with E-state index in [1.165, 1.54) is 25.1 Å². The van der Waals surface area contributed by atoms with Crippen LogP contribution in [0.2, 0.25) is 5.02 Å². The summed E-state index contributed by atoms with van der Waals surface area (Å²) in [5.41, 5.74) is -4.40. The first kappa shape index (κ1) is 35.0. The zero-order valence-electron chi connectivity index (χ0n) is 24.9. The van der Waals surface area contributed by atoms with Gasteiger partial charge in [0.2, 0.25) is 0 Å². The van der Waals surface area contributed by atoms with E-state index in [4.69, 9.17) is 16.3 Å². The zero-order chi connectivity index (χ0) is 33.5. The number of carbonyl (C=O) groups is 1. The van der Waals surface area contributed by atoms with Gasteiger partial charge in [-0.15, -0.1) is 0 Å². The summed E-state index contributed by atoms with van der Waals surface area (Å²) in [6, 6.07) is 3.78. The normalized spacial score (nSPS) is 16.6. The highest BCUT2D eigenvalue weighted by Crippen LogP contribution is 2.39. The van der Waals surface area contributed by atoms with Crippen LogP contribution in [0.4, 0.5) is 18.0 Å². The molecule has 1 amide bonds. The summed E-state index contributed by atoms with van der Waals surface area (Å²) < 4.78 is 74.9. The minimum absolute atomic E-state index is 0.0317. The molecule has 1 saturated heterocycles. The van der Waals surface area contributed by atoms with Crippen LogP contribution in [-0.2, 0) is 33.7 Å². The molecule has 45 heavy (non-hydrogen) atoms. The molecule has 0 spiro atoms. The average molecular weight is 738 g/mol. The second-order valence-corrected chi connectivity index (χ2v) is 15.3. The molecule has 1 aromatic heterocycles. The highest BCUT2D eigenvalue weighted by atomic mass is 79.9. The molecule has 16 heteroatoms. The summed E-state index contributed by atoms with van der Waals surface area (Å²) >= 11 is 9.29. The van der Waals surface area contributed by atoms with E-state index in [0.717, 1.165) is 0 Å². The number of sulfone groups is 1. The van der Waals surface area contributed by atoms with Gasteiger partial charge in [-0.25, -0.2) is 18.0 Å². The van der Waals surface area contributed by atoms with E-state index in [2.05, 4.69) is 31.5 Å². The molecule has 1 aliphatic heterocycles. The predicted molar refractivity (Wildman–Crippen MR) is 168 cm³/mol.